The molecule has 0 bridgehead atoms. The van der Waals surface area contributed by atoms with Gasteiger partial charge >= 0.3 is 5.97 Å². The van der Waals surface area contributed by atoms with Gasteiger partial charge in [0, 0.05) is 12.2 Å². The molecular weight excluding hydrogens is 246 g/mol. The van der Waals surface area contributed by atoms with Gasteiger partial charge in [0.25, 0.3) is 0 Å². The Morgan fingerprint density at radius 3 is 2.71 bits per heavy atom. The zero-order valence-corrected chi connectivity index (χ0v) is 9.99. The minimum absolute atomic E-state index is 0.00924. The van der Waals surface area contributed by atoms with E-state index in [0.717, 1.165) is 0 Å². The molecule has 1 heterocycles. The van der Waals surface area contributed by atoms with Crippen LogP contribution in [-0.2, 0) is 10.0 Å². The summed E-state index contributed by atoms with van der Waals surface area (Å²) in [5.74, 6) is -1.28. The largest absolute Gasteiger partial charge is 0.478 e. The van der Waals surface area contributed by atoms with Crippen molar-refractivity contribution >= 4 is 21.8 Å². The lowest BCUT2D eigenvalue weighted by Crippen LogP contribution is -2.23. The number of carboxylic acids is 1. The summed E-state index contributed by atoms with van der Waals surface area (Å²) in [5, 5.41) is 16.4. The normalized spacial score (nSPS) is 11.2. The van der Waals surface area contributed by atoms with E-state index in [1.54, 1.807) is 13.0 Å². The molecule has 94 valence electrons. The summed E-state index contributed by atoms with van der Waals surface area (Å²) < 4.78 is 21.4. The smallest absolute Gasteiger partial charge is 0.339 e. The Bertz CT molecular complexity index is 527. The van der Waals surface area contributed by atoms with Crippen molar-refractivity contribution in [1.82, 2.24) is 4.98 Å². The van der Waals surface area contributed by atoms with Gasteiger partial charge in [-0.2, -0.15) is 0 Å². The van der Waals surface area contributed by atoms with Gasteiger partial charge in [0.05, 0.1) is 5.75 Å². The average molecular weight is 259 g/mol. The second kappa shape index (κ2) is 5.11. The summed E-state index contributed by atoms with van der Waals surface area (Å²) in [6.45, 7) is 1.71. The van der Waals surface area contributed by atoms with Crippen LogP contribution < -0.4 is 10.5 Å². The SMILES string of the molecule is Cc1ccc(C(=O)O)c(NCCS(N)(=O)=O)n1. The first-order valence-electron chi connectivity index (χ1n) is 4.75. The van der Waals surface area contributed by atoms with Crippen molar-refractivity contribution in [2.45, 2.75) is 6.92 Å². The fourth-order valence-electron chi connectivity index (χ4n) is 1.18. The minimum atomic E-state index is -3.58. The predicted molar refractivity (Wildman–Crippen MR) is 62.4 cm³/mol. The molecule has 0 atom stereocenters. The maximum absolute atomic E-state index is 10.9. The van der Waals surface area contributed by atoms with E-state index in [2.05, 4.69) is 10.3 Å². The van der Waals surface area contributed by atoms with Gasteiger partial charge in [0.2, 0.25) is 10.0 Å². The van der Waals surface area contributed by atoms with Crippen molar-refractivity contribution in [3.63, 3.8) is 0 Å². The highest BCUT2D eigenvalue weighted by Crippen LogP contribution is 2.13. The number of hydrogen-bond donors (Lipinski definition) is 3. The molecule has 0 radical (unpaired) electrons. The molecule has 0 aliphatic rings. The molecule has 1 rings (SSSR count). The summed E-state index contributed by atoms with van der Waals surface area (Å²) in [5.41, 5.74) is 0.623. The number of primary sulfonamides is 1. The van der Waals surface area contributed by atoms with Crippen LogP contribution in [0.25, 0.3) is 0 Å². The zero-order chi connectivity index (χ0) is 13.1. The highest BCUT2D eigenvalue weighted by Gasteiger charge is 2.12. The third-order valence-electron chi connectivity index (χ3n) is 1.94. The molecule has 0 amide bonds. The summed E-state index contributed by atoms with van der Waals surface area (Å²) in [7, 11) is -3.58. The quantitative estimate of drug-likeness (QED) is 0.672. The van der Waals surface area contributed by atoms with E-state index in [4.69, 9.17) is 10.2 Å². The lowest BCUT2D eigenvalue weighted by atomic mass is 10.2. The molecule has 0 fully saturated rings. The molecule has 0 aliphatic carbocycles. The molecule has 0 saturated heterocycles. The molecule has 1 aromatic heterocycles. The van der Waals surface area contributed by atoms with E-state index < -0.39 is 16.0 Å². The molecule has 17 heavy (non-hydrogen) atoms. The van der Waals surface area contributed by atoms with Gasteiger partial charge in [-0.3, -0.25) is 0 Å². The molecule has 0 aliphatic heterocycles. The molecule has 4 N–H and O–H groups in total. The van der Waals surface area contributed by atoms with Crippen molar-refractivity contribution in [1.29, 1.82) is 0 Å². The first-order chi connectivity index (χ1) is 7.79. The third kappa shape index (κ3) is 4.37. The molecule has 8 heteroatoms. The second-order valence-corrected chi connectivity index (χ2v) is 5.18. The van der Waals surface area contributed by atoms with Crippen LogP contribution in [-0.4, -0.2) is 36.8 Å². The van der Waals surface area contributed by atoms with Gasteiger partial charge in [0.15, 0.2) is 0 Å². The maximum atomic E-state index is 10.9. The summed E-state index contributed by atoms with van der Waals surface area (Å²) in [6.07, 6.45) is 0. The van der Waals surface area contributed by atoms with Crippen molar-refractivity contribution < 1.29 is 18.3 Å². The summed E-state index contributed by atoms with van der Waals surface area (Å²) in [6, 6.07) is 2.97. The number of rotatable bonds is 5. The lowest BCUT2D eigenvalue weighted by Gasteiger charge is -2.08. The number of aromatic carboxylic acids is 1. The molecule has 0 spiro atoms. The van der Waals surface area contributed by atoms with Crippen molar-refractivity contribution in [3.8, 4) is 0 Å². The Morgan fingerprint density at radius 2 is 2.18 bits per heavy atom. The molecule has 1 aromatic rings. The van der Waals surface area contributed by atoms with Gasteiger partial charge in [-0.25, -0.2) is 23.3 Å². The number of aryl methyl sites for hydroxylation is 1. The summed E-state index contributed by atoms with van der Waals surface area (Å²) >= 11 is 0. The van der Waals surface area contributed by atoms with Crippen LogP contribution >= 0.6 is 0 Å². The number of sulfonamides is 1. The van der Waals surface area contributed by atoms with E-state index >= 15 is 0 Å². The van der Waals surface area contributed by atoms with Gasteiger partial charge in [-0.05, 0) is 19.1 Å². The Morgan fingerprint density at radius 1 is 1.53 bits per heavy atom. The maximum Gasteiger partial charge on any atom is 0.339 e. The van der Waals surface area contributed by atoms with Crippen LogP contribution in [0.15, 0.2) is 12.1 Å². The number of nitrogens with one attached hydrogen (secondary N) is 1. The van der Waals surface area contributed by atoms with Crippen LogP contribution in [0.1, 0.15) is 16.1 Å². The average Bonchev–Trinajstić information content (AvgIpc) is 2.15. The number of hydrogen-bond acceptors (Lipinski definition) is 5. The van der Waals surface area contributed by atoms with Crippen LogP contribution in [0.4, 0.5) is 5.82 Å². The van der Waals surface area contributed by atoms with Crippen LogP contribution in [0, 0.1) is 6.92 Å². The third-order valence-corrected chi connectivity index (χ3v) is 2.72. The Balaban J connectivity index is 2.82. The monoisotopic (exact) mass is 259 g/mol. The standard InChI is InChI=1S/C9H13N3O4S/c1-6-2-3-7(9(13)14)8(12-6)11-4-5-17(10,15)16/h2-3H,4-5H2,1H3,(H,11,12)(H,13,14)(H2,10,15,16). The van der Waals surface area contributed by atoms with E-state index in [-0.39, 0.29) is 23.7 Å². The van der Waals surface area contributed by atoms with Gasteiger partial charge in [0.1, 0.15) is 11.4 Å². The molecule has 7 nitrogen and oxygen atoms in total. The number of nitrogens with two attached hydrogens (primary N) is 1. The Kier molecular flexibility index (Phi) is 4.02. The second-order valence-electron chi connectivity index (χ2n) is 3.45. The first-order valence-corrected chi connectivity index (χ1v) is 6.46. The molecule has 0 unspecified atom stereocenters. The Labute approximate surface area is 98.7 Å². The van der Waals surface area contributed by atoms with Crippen molar-refractivity contribution in [2.75, 3.05) is 17.6 Å². The van der Waals surface area contributed by atoms with Crippen molar-refractivity contribution in [3.05, 3.63) is 23.4 Å². The van der Waals surface area contributed by atoms with E-state index in [0.29, 0.717) is 5.69 Å². The first kappa shape index (κ1) is 13.4. The summed E-state index contributed by atoms with van der Waals surface area (Å²) in [4.78, 5) is 14.9. The number of carbonyl (C=O) groups is 1. The van der Waals surface area contributed by atoms with Crippen molar-refractivity contribution in [2.24, 2.45) is 5.14 Å². The number of aromatic nitrogens is 1. The number of anilines is 1. The minimum Gasteiger partial charge on any atom is -0.478 e. The lowest BCUT2D eigenvalue weighted by molar-refractivity contribution is 0.0697. The van der Waals surface area contributed by atoms with Crippen LogP contribution in [0.2, 0.25) is 0 Å². The number of pyridine rings is 1. The van der Waals surface area contributed by atoms with Gasteiger partial charge in [-0.1, -0.05) is 0 Å². The molecule has 0 aromatic carbocycles. The Hall–Kier alpha value is -1.67. The molecular formula is C9H13N3O4S. The van der Waals surface area contributed by atoms with E-state index in [1.165, 1.54) is 6.07 Å². The highest BCUT2D eigenvalue weighted by atomic mass is 32.2. The van der Waals surface area contributed by atoms with Crippen LogP contribution in [0.3, 0.4) is 0 Å². The number of carboxylic acid groups (broad SMARTS) is 1. The van der Waals surface area contributed by atoms with Crippen LogP contribution in [0.5, 0.6) is 0 Å². The fraction of sp³-hybridized carbons (Fsp3) is 0.333. The zero-order valence-electron chi connectivity index (χ0n) is 9.17. The fourth-order valence-corrected chi connectivity index (χ4v) is 1.56. The highest BCUT2D eigenvalue weighted by molar-refractivity contribution is 7.89. The topological polar surface area (TPSA) is 122 Å². The molecule has 0 saturated carbocycles. The predicted octanol–water partition coefficient (Wildman–Crippen LogP) is -0.211. The van der Waals surface area contributed by atoms with Gasteiger partial charge < -0.3 is 10.4 Å². The number of nitrogens with zero attached hydrogens (tertiary/aromatic N) is 1. The van der Waals surface area contributed by atoms with E-state index in [9.17, 15) is 13.2 Å². The van der Waals surface area contributed by atoms with Gasteiger partial charge in [-0.15, -0.1) is 0 Å². The van der Waals surface area contributed by atoms with E-state index in [1.807, 2.05) is 0 Å².